The van der Waals surface area contributed by atoms with E-state index in [4.69, 9.17) is 0 Å². The highest BCUT2D eigenvalue weighted by Gasteiger charge is 2.16. The van der Waals surface area contributed by atoms with Gasteiger partial charge < -0.3 is 10.4 Å². The molecule has 0 aromatic carbocycles. The molecular weight excluding hydrogens is 176 g/mol. The number of aliphatic hydroxyl groups excluding tert-OH is 1. The van der Waals surface area contributed by atoms with Gasteiger partial charge in [-0.2, -0.15) is 0 Å². The van der Waals surface area contributed by atoms with Crippen molar-refractivity contribution in [1.29, 1.82) is 0 Å². The highest BCUT2D eigenvalue weighted by atomic mass is 16.3. The number of aliphatic hydroxyl groups is 1. The summed E-state index contributed by atoms with van der Waals surface area (Å²) in [6, 6.07) is 5.86. The molecule has 2 N–H and O–H groups in total. The van der Waals surface area contributed by atoms with Gasteiger partial charge in [-0.3, -0.25) is 4.98 Å². The van der Waals surface area contributed by atoms with Gasteiger partial charge in [-0.15, -0.1) is 0 Å². The summed E-state index contributed by atoms with van der Waals surface area (Å²) in [7, 11) is 0. The monoisotopic (exact) mass is 190 g/mol. The lowest BCUT2D eigenvalue weighted by Crippen LogP contribution is -2.32. The van der Waals surface area contributed by atoms with Crippen molar-refractivity contribution >= 4 is 5.57 Å². The first kappa shape index (κ1) is 9.37. The van der Waals surface area contributed by atoms with Crippen LogP contribution in [0.15, 0.2) is 24.3 Å². The van der Waals surface area contributed by atoms with Gasteiger partial charge in [0, 0.05) is 24.4 Å². The van der Waals surface area contributed by atoms with Crippen LogP contribution in [0.1, 0.15) is 11.4 Å². The molecule has 0 saturated heterocycles. The van der Waals surface area contributed by atoms with Gasteiger partial charge in [0.15, 0.2) is 0 Å². The lowest BCUT2D eigenvalue weighted by atomic mass is 10.0. The summed E-state index contributed by atoms with van der Waals surface area (Å²) in [6.45, 7) is 3.38. The van der Waals surface area contributed by atoms with Crippen LogP contribution in [0.3, 0.4) is 0 Å². The van der Waals surface area contributed by atoms with Crippen LogP contribution < -0.4 is 5.32 Å². The fourth-order valence-electron chi connectivity index (χ4n) is 1.63. The molecule has 1 aliphatic rings. The van der Waals surface area contributed by atoms with Gasteiger partial charge in [-0.05, 0) is 19.1 Å². The predicted molar refractivity (Wildman–Crippen MR) is 55.8 cm³/mol. The molecule has 1 atom stereocenters. The molecule has 0 saturated carbocycles. The van der Waals surface area contributed by atoms with E-state index in [-0.39, 0.29) is 0 Å². The Morgan fingerprint density at radius 1 is 1.50 bits per heavy atom. The van der Waals surface area contributed by atoms with E-state index in [9.17, 15) is 5.11 Å². The van der Waals surface area contributed by atoms with Gasteiger partial charge in [0.2, 0.25) is 0 Å². The average Bonchev–Trinajstić information content (AvgIpc) is 2.18. The van der Waals surface area contributed by atoms with E-state index in [2.05, 4.69) is 10.3 Å². The molecule has 3 nitrogen and oxygen atoms in total. The zero-order valence-electron chi connectivity index (χ0n) is 8.20. The summed E-state index contributed by atoms with van der Waals surface area (Å²) < 4.78 is 0. The van der Waals surface area contributed by atoms with Gasteiger partial charge in [-0.25, -0.2) is 0 Å². The first-order valence-electron chi connectivity index (χ1n) is 4.80. The molecular formula is C11H14N2O. The second-order valence-corrected chi connectivity index (χ2v) is 3.50. The topological polar surface area (TPSA) is 45.1 Å². The summed E-state index contributed by atoms with van der Waals surface area (Å²) in [5.74, 6) is 0. The average molecular weight is 190 g/mol. The molecule has 0 aliphatic carbocycles. The van der Waals surface area contributed by atoms with Crippen LogP contribution in [0.2, 0.25) is 0 Å². The minimum atomic E-state index is -0.432. The first-order valence-corrected chi connectivity index (χ1v) is 4.80. The Morgan fingerprint density at radius 2 is 2.36 bits per heavy atom. The number of β-amino-alcohol motifs (C(OH)–C–C–N with tert-alkyl or cyclic N) is 1. The third kappa shape index (κ3) is 1.84. The van der Waals surface area contributed by atoms with E-state index < -0.39 is 6.10 Å². The van der Waals surface area contributed by atoms with Crippen LogP contribution in [0.4, 0.5) is 0 Å². The molecule has 2 heterocycles. The molecule has 0 spiro atoms. The van der Waals surface area contributed by atoms with E-state index in [1.807, 2.05) is 31.2 Å². The van der Waals surface area contributed by atoms with Crippen molar-refractivity contribution in [1.82, 2.24) is 10.3 Å². The highest BCUT2D eigenvalue weighted by molar-refractivity contribution is 5.67. The zero-order chi connectivity index (χ0) is 9.97. The van der Waals surface area contributed by atoms with Crippen LogP contribution in [-0.4, -0.2) is 29.3 Å². The third-order valence-corrected chi connectivity index (χ3v) is 2.35. The number of pyridine rings is 1. The summed E-state index contributed by atoms with van der Waals surface area (Å²) in [5.41, 5.74) is 2.81. The predicted octanol–water partition coefficient (Wildman–Crippen LogP) is 0.738. The van der Waals surface area contributed by atoms with E-state index in [0.717, 1.165) is 23.5 Å². The fourth-order valence-corrected chi connectivity index (χ4v) is 1.63. The molecule has 0 unspecified atom stereocenters. The molecule has 14 heavy (non-hydrogen) atoms. The Labute approximate surface area is 83.5 Å². The Hall–Kier alpha value is -1.19. The second kappa shape index (κ2) is 3.90. The van der Waals surface area contributed by atoms with E-state index >= 15 is 0 Å². The Bertz CT molecular complexity index is 360. The largest absolute Gasteiger partial charge is 0.387 e. The SMILES string of the molecule is Cc1cccc(C2=CCNC[C@@H]2O)n1. The molecule has 1 aromatic rings. The lowest BCUT2D eigenvalue weighted by molar-refractivity contribution is 0.224. The quantitative estimate of drug-likeness (QED) is 0.686. The molecule has 2 rings (SSSR count). The van der Waals surface area contributed by atoms with Crippen LogP contribution >= 0.6 is 0 Å². The molecule has 0 fully saturated rings. The number of rotatable bonds is 1. The van der Waals surface area contributed by atoms with Crippen LogP contribution in [0, 0.1) is 6.92 Å². The highest BCUT2D eigenvalue weighted by Crippen LogP contribution is 2.18. The van der Waals surface area contributed by atoms with Crippen molar-refractivity contribution in [3.63, 3.8) is 0 Å². The summed E-state index contributed by atoms with van der Waals surface area (Å²) >= 11 is 0. The molecule has 1 aliphatic heterocycles. The first-order chi connectivity index (χ1) is 6.77. The van der Waals surface area contributed by atoms with Gasteiger partial charge in [0.25, 0.3) is 0 Å². The number of aryl methyl sites for hydroxylation is 1. The number of nitrogens with zero attached hydrogens (tertiary/aromatic N) is 1. The maximum absolute atomic E-state index is 9.74. The van der Waals surface area contributed by atoms with Crippen LogP contribution in [-0.2, 0) is 0 Å². The van der Waals surface area contributed by atoms with Crippen molar-refractivity contribution in [2.45, 2.75) is 13.0 Å². The normalized spacial score (nSPS) is 21.9. The van der Waals surface area contributed by atoms with Gasteiger partial charge >= 0.3 is 0 Å². The van der Waals surface area contributed by atoms with Crippen LogP contribution in [0.5, 0.6) is 0 Å². The van der Waals surface area contributed by atoms with E-state index in [0.29, 0.717) is 6.54 Å². The fraction of sp³-hybridized carbons (Fsp3) is 0.364. The van der Waals surface area contributed by atoms with Crippen LogP contribution in [0.25, 0.3) is 5.57 Å². The Morgan fingerprint density at radius 3 is 3.07 bits per heavy atom. The van der Waals surface area contributed by atoms with Crippen molar-refractivity contribution in [3.8, 4) is 0 Å². The zero-order valence-corrected chi connectivity index (χ0v) is 8.20. The van der Waals surface area contributed by atoms with Crippen molar-refractivity contribution in [2.24, 2.45) is 0 Å². The number of aromatic nitrogens is 1. The van der Waals surface area contributed by atoms with E-state index in [1.54, 1.807) is 0 Å². The molecule has 74 valence electrons. The standard InChI is InChI=1S/C11H14N2O/c1-8-3-2-4-10(13-8)9-5-6-12-7-11(9)14/h2-5,11-12,14H,6-7H2,1H3/t11-/m0/s1. The maximum Gasteiger partial charge on any atom is 0.0932 e. The lowest BCUT2D eigenvalue weighted by Gasteiger charge is -2.20. The third-order valence-electron chi connectivity index (χ3n) is 2.35. The Balaban J connectivity index is 2.34. The molecule has 0 bridgehead atoms. The summed E-state index contributed by atoms with van der Waals surface area (Å²) in [5, 5.41) is 12.8. The molecule has 1 aromatic heterocycles. The maximum atomic E-state index is 9.74. The minimum absolute atomic E-state index is 0.432. The van der Waals surface area contributed by atoms with E-state index in [1.165, 1.54) is 0 Å². The summed E-state index contributed by atoms with van der Waals surface area (Å²) in [6.07, 6.45) is 1.56. The number of hydrogen-bond acceptors (Lipinski definition) is 3. The van der Waals surface area contributed by atoms with Gasteiger partial charge in [0.1, 0.15) is 0 Å². The Kier molecular flexibility index (Phi) is 2.61. The second-order valence-electron chi connectivity index (χ2n) is 3.50. The summed E-state index contributed by atoms with van der Waals surface area (Å²) in [4.78, 5) is 4.39. The van der Waals surface area contributed by atoms with Crippen molar-refractivity contribution < 1.29 is 5.11 Å². The molecule has 0 radical (unpaired) electrons. The smallest absolute Gasteiger partial charge is 0.0932 e. The number of hydrogen-bond donors (Lipinski definition) is 2. The number of nitrogens with one attached hydrogen (secondary N) is 1. The minimum Gasteiger partial charge on any atom is -0.387 e. The van der Waals surface area contributed by atoms with Crippen molar-refractivity contribution in [2.75, 3.05) is 13.1 Å². The van der Waals surface area contributed by atoms with Gasteiger partial charge in [-0.1, -0.05) is 12.1 Å². The molecule has 3 heteroatoms. The van der Waals surface area contributed by atoms with Gasteiger partial charge in [0.05, 0.1) is 11.8 Å². The molecule has 0 amide bonds. The van der Waals surface area contributed by atoms with Crippen molar-refractivity contribution in [3.05, 3.63) is 35.7 Å².